The summed E-state index contributed by atoms with van der Waals surface area (Å²) in [7, 11) is 0. The number of hydrogen-bond donors (Lipinski definition) is 2. The number of carboxylic acids is 1. The SMILES string of the molecule is CC1(O)CCN(C(=O)N2CCC(OCCC(=O)O)CC2)C1. The first-order valence-corrected chi connectivity index (χ1v) is 7.47. The quantitative estimate of drug-likeness (QED) is 0.790. The second-order valence-corrected chi connectivity index (χ2v) is 6.15. The van der Waals surface area contributed by atoms with Crippen LogP contribution in [-0.2, 0) is 9.53 Å². The molecule has 1 unspecified atom stereocenters. The summed E-state index contributed by atoms with van der Waals surface area (Å²) in [6.07, 6.45) is 2.14. The maximum Gasteiger partial charge on any atom is 0.320 e. The number of ether oxygens (including phenoxy) is 1. The van der Waals surface area contributed by atoms with E-state index in [4.69, 9.17) is 9.84 Å². The van der Waals surface area contributed by atoms with Gasteiger partial charge in [0, 0.05) is 19.6 Å². The van der Waals surface area contributed by atoms with E-state index in [0.29, 0.717) is 32.6 Å². The maximum absolute atomic E-state index is 12.3. The van der Waals surface area contributed by atoms with Crippen molar-refractivity contribution in [3.8, 4) is 0 Å². The Labute approximate surface area is 124 Å². The molecule has 0 saturated carbocycles. The van der Waals surface area contributed by atoms with Crippen molar-refractivity contribution in [1.29, 1.82) is 0 Å². The number of aliphatic hydroxyl groups is 1. The zero-order valence-electron chi connectivity index (χ0n) is 12.5. The Kier molecular flexibility index (Phi) is 5.05. The van der Waals surface area contributed by atoms with Crippen LogP contribution in [0.5, 0.6) is 0 Å². The van der Waals surface area contributed by atoms with E-state index in [1.807, 2.05) is 0 Å². The van der Waals surface area contributed by atoms with Gasteiger partial charge >= 0.3 is 12.0 Å². The van der Waals surface area contributed by atoms with Gasteiger partial charge in [-0.2, -0.15) is 0 Å². The zero-order valence-corrected chi connectivity index (χ0v) is 12.5. The van der Waals surface area contributed by atoms with Crippen molar-refractivity contribution in [2.45, 2.75) is 44.3 Å². The van der Waals surface area contributed by atoms with Crippen LogP contribution in [0.15, 0.2) is 0 Å². The number of rotatable bonds is 4. The van der Waals surface area contributed by atoms with Crippen LogP contribution in [0.3, 0.4) is 0 Å². The summed E-state index contributed by atoms with van der Waals surface area (Å²) in [6.45, 7) is 4.21. The highest BCUT2D eigenvalue weighted by Crippen LogP contribution is 2.23. The fraction of sp³-hybridized carbons (Fsp3) is 0.857. The molecule has 2 aliphatic rings. The van der Waals surface area contributed by atoms with E-state index in [1.54, 1.807) is 16.7 Å². The van der Waals surface area contributed by atoms with E-state index < -0.39 is 11.6 Å². The van der Waals surface area contributed by atoms with Crippen molar-refractivity contribution in [2.75, 3.05) is 32.8 Å². The van der Waals surface area contributed by atoms with Crippen LogP contribution >= 0.6 is 0 Å². The van der Waals surface area contributed by atoms with Crippen LogP contribution in [0.1, 0.15) is 32.6 Å². The van der Waals surface area contributed by atoms with E-state index in [-0.39, 0.29) is 25.2 Å². The molecule has 0 aromatic rings. The Morgan fingerprint density at radius 3 is 2.43 bits per heavy atom. The molecule has 0 aromatic carbocycles. The summed E-state index contributed by atoms with van der Waals surface area (Å²) in [5.74, 6) is -0.858. The smallest absolute Gasteiger partial charge is 0.320 e. The summed E-state index contributed by atoms with van der Waals surface area (Å²) in [5.41, 5.74) is -0.770. The van der Waals surface area contributed by atoms with Gasteiger partial charge in [-0.05, 0) is 26.2 Å². The fourth-order valence-electron chi connectivity index (χ4n) is 2.84. The lowest BCUT2D eigenvalue weighted by molar-refractivity contribution is -0.138. The largest absolute Gasteiger partial charge is 0.481 e. The molecule has 2 rings (SSSR count). The first-order chi connectivity index (χ1) is 9.87. The van der Waals surface area contributed by atoms with Gasteiger partial charge in [-0.1, -0.05) is 0 Å². The summed E-state index contributed by atoms with van der Waals surface area (Å²) >= 11 is 0. The third-order valence-electron chi connectivity index (χ3n) is 4.10. The highest BCUT2D eigenvalue weighted by atomic mass is 16.5. The predicted octanol–water partition coefficient (Wildman–Crippen LogP) is 0.519. The van der Waals surface area contributed by atoms with E-state index in [0.717, 1.165) is 12.8 Å². The number of nitrogens with zero attached hydrogens (tertiary/aromatic N) is 2. The Morgan fingerprint density at radius 2 is 1.90 bits per heavy atom. The second-order valence-electron chi connectivity index (χ2n) is 6.15. The van der Waals surface area contributed by atoms with Crippen molar-refractivity contribution >= 4 is 12.0 Å². The molecule has 2 amide bonds. The minimum absolute atomic E-state index is 0.0159. The lowest BCUT2D eigenvalue weighted by Gasteiger charge is -2.34. The second kappa shape index (κ2) is 6.62. The predicted molar refractivity (Wildman–Crippen MR) is 75.0 cm³/mol. The van der Waals surface area contributed by atoms with Crippen LogP contribution in [0.4, 0.5) is 4.79 Å². The highest BCUT2D eigenvalue weighted by molar-refractivity contribution is 5.75. The molecule has 0 aromatic heterocycles. The molecule has 21 heavy (non-hydrogen) atoms. The number of carboxylic acid groups (broad SMARTS) is 1. The van der Waals surface area contributed by atoms with E-state index in [1.165, 1.54) is 0 Å². The van der Waals surface area contributed by atoms with Crippen molar-refractivity contribution in [2.24, 2.45) is 0 Å². The molecule has 0 bridgehead atoms. The average molecular weight is 300 g/mol. The van der Waals surface area contributed by atoms with Gasteiger partial charge in [-0.3, -0.25) is 4.79 Å². The monoisotopic (exact) mass is 300 g/mol. The number of β-amino-alcohol motifs (C(OH)–C–C–N with tert-alkyl or cyclic N) is 1. The summed E-state index contributed by atoms with van der Waals surface area (Å²) in [5, 5.41) is 18.5. The summed E-state index contributed by atoms with van der Waals surface area (Å²) in [6, 6.07) is -0.0169. The molecule has 2 aliphatic heterocycles. The van der Waals surface area contributed by atoms with Crippen LogP contribution in [0.2, 0.25) is 0 Å². The number of carbonyl (C=O) groups excluding carboxylic acids is 1. The number of aliphatic carboxylic acids is 1. The number of amides is 2. The lowest BCUT2D eigenvalue weighted by Crippen LogP contribution is -2.48. The number of urea groups is 1. The molecule has 1 atom stereocenters. The minimum atomic E-state index is -0.858. The molecular formula is C14H24N2O5. The average Bonchev–Trinajstić information content (AvgIpc) is 2.79. The van der Waals surface area contributed by atoms with Crippen molar-refractivity contribution in [3.63, 3.8) is 0 Å². The molecule has 2 N–H and O–H groups in total. The lowest BCUT2D eigenvalue weighted by atomic mass is 10.1. The third kappa shape index (κ3) is 4.57. The Hall–Kier alpha value is -1.34. The van der Waals surface area contributed by atoms with E-state index >= 15 is 0 Å². The molecular weight excluding hydrogens is 276 g/mol. The Balaban J connectivity index is 1.71. The van der Waals surface area contributed by atoms with Gasteiger partial charge in [-0.25, -0.2) is 4.79 Å². The first kappa shape index (κ1) is 16.0. The van der Waals surface area contributed by atoms with Gasteiger partial charge in [0.2, 0.25) is 0 Å². The summed E-state index contributed by atoms with van der Waals surface area (Å²) < 4.78 is 5.51. The Morgan fingerprint density at radius 1 is 1.24 bits per heavy atom. The maximum atomic E-state index is 12.3. The van der Waals surface area contributed by atoms with Crippen molar-refractivity contribution in [1.82, 2.24) is 9.80 Å². The highest BCUT2D eigenvalue weighted by Gasteiger charge is 2.36. The normalized spacial score (nSPS) is 27.1. The van der Waals surface area contributed by atoms with E-state index in [2.05, 4.69) is 0 Å². The van der Waals surface area contributed by atoms with Crippen LogP contribution < -0.4 is 0 Å². The van der Waals surface area contributed by atoms with Gasteiger partial charge < -0.3 is 24.7 Å². The molecule has 2 fully saturated rings. The number of likely N-dealkylation sites (tertiary alicyclic amines) is 2. The Bertz CT molecular complexity index is 391. The first-order valence-electron chi connectivity index (χ1n) is 7.47. The standard InChI is InChI=1S/C14H24N2O5/c1-14(20)5-8-16(10-14)13(19)15-6-2-11(3-7-15)21-9-4-12(17)18/h11,20H,2-10H2,1H3,(H,17,18). The van der Waals surface area contributed by atoms with Crippen molar-refractivity contribution in [3.05, 3.63) is 0 Å². The molecule has 0 aliphatic carbocycles. The molecule has 120 valence electrons. The summed E-state index contributed by atoms with van der Waals surface area (Å²) in [4.78, 5) is 26.2. The van der Waals surface area contributed by atoms with Crippen LogP contribution in [0, 0.1) is 0 Å². The van der Waals surface area contributed by atoms with Crippen molar-refractivity contribution < 1.29 is 24.5 Å². The van der Waals surface area contributed by atoms with Crippen LogP contribution in [0.25, 0.3) is 0 Å². The molecule has 0 spiro atoms. The van der Waals surface area contributed by atoms with Gasteiger partial charge in [0.1, 0.15) is 0 Å². The topological polar surface area (TPSA) is 90.3 Å². The number of carbonyl (C=O) groups is 2. The van der Waals surface area contributed by atoms with Gasteiger partial charge in [-0.15, -0.1) is 0 Å². The zero-order chi connectivity index (χ0) is 15.5. The number of hydrogen-bond acceptors (Lipinski definition) is 4. The fourth-order valence-corrected chi connectivity index (χ4v) is 2.84. The van der Waals surface area contributed by atoms with Gasteiger partial charge in [0.15, 0.2) is 0 Å². The van der Waals surface area contributed by atoms with E-state index in [9.17, 15) is 14.7 Å². The molecule has 2 heterocycles. The van der Waals surface area contributed by atoms with Crippen LogP contribution in [-0.4, -0.2) is 76.5 Å². The molecule has 7 nitrogen and oxygen atoms in total. The molecule has 0 radical (unpaired) electrons. The van der Waals surface area contributed by atoms with Gasteiger partial charge in [0.05, 0.1) is 31.3 Å². The third-order valence-corrected chi connectivity index (χ3v) is 4.10. The molecule has 7 heteroatoms. The minimum Gasteiger partial charge on any atom is -0.481 e. The van der Waals surface area contributed by atoms with Gasteiger partial charge in [0.25, 0.3) is 0 Å². The number of piperidine rings is 1. The molecule has 2 saturated heterocycles.